The number of benzene rings is 2. The molecule has 162 valence electrons. The molecule has 2 aliphatic heterocycles. The molecule has 1 fully saturated rings. The molecule has 3 N–H and O–H groups in total. The Labute approximate surface area is 184 Å². The molecule has 2 aromatic rings. The molecule has 12 heteroatoms. The molecule has 2 atom stereocenters. The van der Waals surface area contributed by atoms with Crippen molar-refractivity contribution >= 4 is 51.7 Å². The van der Waals surface area contributed by atoms with E-state index in [4.69, 9.17) is 11.6 Å². The summed E-state index contributed by atoms with van der Waals surface area (Å²) in [5, 5.41) is 2.73. The first kappa shape index (κ1) is 21.6. The smallest absolute Gasteiger partial charge is 0.241 e. The summed E-state index contributed by atoms with van der Waals surface area (Å²) in [4.78, 5) is 30.9. The second-order valence-corrected chi connectivity index (χ2v) is 8.10. The number of hydrogen-bond acceptors (Lipinski definition) is 6. The van der Waals surface area contributed by atoms with E-state index in [2.05, 4.69) is 21.2 Å². The molecule has 0 bridgehead atoms. The Kier molecular flexibility index (Phi) is 6.19. The van der Waals surface area contributed by atoms with Crippen molar-refractivity contribution < 1.29 is 22.8 Å². The molecule has 2 amide bonds. The number of hydrogen-bond donors (Lipinski definition) is 3. The van der Waals surface area contributed by atoms with E-state index in [1.807, 2.05) is 0 Å². The standard InChI is InChI=1S/C19H15ClF3N5O2S/c20-9-1-4-15(14(23)5-9)25-16(29)8-31-19-26-17-11(7-24-27-17)18(30)28(19)10-2-3-12(21)13(22)6-10/h1-6,11,17,24,27H,7-8H2,(H,25,29). The highest BCUT2D eigenvalue weighted by molar-refractivity contribution is 8.14. The van der Waals surface area contributed by atoms with Crippen molar-refractivity contribution in [2.45, 2.75) is 6.17 Å². The number of carbonyl (C=O) groups is 2. The van der Waals surface area contributed by atoms with Crippen LogP contribution in [0.4, 0.5) is 24.5 Å². The number of nitrogens with zero attached hydrogens (tertiary/aromatic N) is 2. The van der Waals surface area contributed by atoms with Crippen LogP contribution >= 0.6 is 23.4 Å². The Bertz CT molecular complexity index is 1090. The van der Waals surface area contributed by atoms with Gasteiger partial charge in [0.05, 0.1) is 23.0 Å². The van der Waals surface area contributed by atoms with Crippen LogP contribution in [-0.2, 0) is 9.59 Å². The van der Waals surface area contributed by atoms with Gasteiger partial charge < -0.3 is 5.32 Å². The van der Waals surface area contributed by atoms with Crippen LogP contribution < -0.4 is 21.1 Å². The minimum atomic E-state index is -1.12. The Balaban J connectivity index is 1.54. The lowest BCUT2D eigenvalue weighted by molar-refractivity contribution is -0.121. The molecule has 1 saturated heterocycles. The fourth-order valence-corrected chi connectivity index (χ4v) is 4.14. The van der Waals surface area contributed by atoms with Crippen molar-refractivity contribution in [2.75, 3.05) is 22.5 Å². The fraction of sp³-hybridized carbons (Fsp3) is 0.211. The molecule has 0 radical (unpaired) electrons. The van der Waals surface area contributed by atoms with Gasteiger partial charge in [-0.3, -0.25) is 19.9 Å². The molecular formula is C19H15ClF3N5O2S. The molecule has 2 heterocycles. The molecule has 0 aliphatic carbocycles. The molecule has 0 spiro atoms. The average molecular weight is 470 g/mol. The lowest BCUT2D eigenvalue weighted by Gasteiger charge is -2.32. The predicted octanol–water partition coefficient (Wildman–Crippen LogP) is 2.88. The summed E-state index contributed by atoms with van der Waals surface area (Å²) >= 11 is 6.61. The van der Waals surface area contributed by atoms with Crippen LogP contribution in [0.2, 0.25) is 5.02 Å². The maximum absolute atomic E-state index is 13.9. The summed E-state index contributed by atoms with van der Waals surface area (Å²) in [6.07, 6.45) is -0.562. The van der Waals surface area contributed by atoms with Crippen molar-refractivity contribution in [3.8, 4) is 0 Å². The summed E-state index contributed by atoms with van der Waals surface area (Å²) in [7, 11) is 0. The van der Waals surface area contributed by atoms with E-state index in [1.54, 1.807) is 0 Å². The van der Waals surface area contributed by atoms with Crippen LogP contribution in [0.5, 0.6) is 0 Å². The van der Waals surface area contributed by atoms with Gasteiger partial charge in [0.15, 0.2) is 16.8 Å². The third-order valence-electron chi connectivity index (χ3n) is 4.63. The van der Waals surface area contributed by atoms with Crippen molar-refractivity contribution in [3.05, 3.63) is 58.9 Å². The lowest BCUT2D eigenvalue weighted by Crippen LogP contribution is -2.49. The summed E-state index contributed by atoms with van der Waals surface area (Å²) in [6, 6.07) is 6.88. The van der Waals surface area contributed by atoms with Crippen molar-refractivity contribution in [3.63, 3.8) is 0 Å². The first-order valence-electron chi connectivity index (χ1n) is 9.06. The van der Waals surface area contributed by atoms with Gasteiger partial charge in [0.25, 0.3) is 0 Å². The number of aliphatic imine (C=N–C) groups is 1. The van der Waals surface area contributed by atoms with E-state index in [0.29, 0.717) is 6.54 Å². The summed E-state index contributed by atoms with van der Waals surface area (Å²) < 4.78 is 41.0. The van der Waals surface area contributed by atoms with Gasteiger partial charge in [-0.05, 0) is 30.3 Å². The molecular weight excluding hydrogens is 455 g/mol. The third kappa shape index (κ3) is 4.54. The molecule has 2 unspecified atom stereocenters. The minimum absolute atomic E-state index is 0.0455. The zero-order chi connectivity index (χ0) is 22.1. The Hall–Kier alpha value is -2.60. The van der Waals surface area contributed by atoms with Gasteiger partial charge in [0, 0.05) is 17.6 Å². The van der Waals surface area contributed by atoms with Crippen LogP contribution in [0.15, 0.2) is 41.4 Å². The number of carbonyl (C=O) groups excluding carboxylic acids is 2. The largest absolute Gasteiger partial charge is 0.323 e. The zero-order valence-corrected chi connectivity index (χ0v) is 17.2. The van der Waals surface area contributed by atoms with Gasteiger partial charge in [0.2, 0.25) is 11.8 Å². The average Bonchev–Trinajstić information content (AvgIpc) is 3.20. The van der Waals surface area contributed by atoms with E-state index in [0.717, 1.165) is 34.9 Å². The number of nitrogens with one attached hydrogen (secondary N) is 3. The fourth-order valence-electron chi connectivity index (χ4n) is 3.14. The monoisotopic (exact) mass is 469 g/mol. The van der Waals surface area contributed by atoms with Crippen molar-refractivity contribution in [1.29, 1.82) is 0 Å². The van der Waals surface area contributed by atoms with Crippen molar-refractivity contribution in [1.82, 2.24) is 10.9 Å². The maximum Gasteiger partial charge on any atom is 0.241 e. The normalized spacial score (nSPS) is 20.5. The minimum Gasteiger partial charge on any atom is -0.323 e. The predicted molar refractivity (Wildman–Crippen MR) is 112 cm³/mol. The van der Waals surface area contributed by atoms with Crippen LogP contribution in [-0.4, -0.2) is 35.4 Å². The molecule has 0 saturated carbocycles. The van der Waals surface area contributed by atoms with E-state index in [9.17, 15) is 22.8 Å². The second kappa shape index (κ2) is 8.87. The van der Waals surface area contributed by atoms with E-state index >= 15 is 0 Å². The SMILES string of the molecule is O=C(CSC1=NC2NNCC2C(=O)N1c1ccc(F)c(F)c1)Nc1ccc(Cl)cc1F. The number of rotatable bonds is 4. The number of thioether (sulfide) groups is 1. The number of hydrazine groups is 1. The zero-order valence-electron chi connectivity index (χ0n) is 15.7. The van der Waals surface area contributed by atoms with Gasteiger partial charge in [0.1, 0.15) is 12.0 Å². The second-order valence-electron chi connectivity index (χ2n) is 6.72. The van der Waals surface area contributed by atoms with Crippen molar-refractivity contribution in [2.24, 2.45) is 10.9 Å². The first-order valence-corrected chi connectivity index (χ1v) is 10.4. The quantitative estimate of drug-likeness (QED) is 0.641. The number of fused-ring (bicyclic) bond motifs is 1. The Morgan fingerprint density at radius 1 is 1.19 bits per heavy atom. The highest BCUT2D eigenvalue weighted by Gasteiger charge is 2.42. The highest BCUT2D eigenvalue weighted by atomic mass is 35.5. The number of amidine groups is 1. The van der Waals surface area contributed by atoms with Crippen LogP contribution in [0.1, 0.15) is 0 Å². The van der Waals surface area contributed by atoms with Crippen LogP contribution in [0, 0.1) is 23.4 Å². The van der Waals surface area contributed by atoms with E-state index < -0.39 is 35.4 Å². The molecule has 2 aliphatic rings. The molecule has 4 rings (SSSR count). The van der Waals surface area contributed by atoms with Gasteiger partial charge in [-0.2, -0.15) is 0 Å². The van der Waals surface area contributed by atoms with Gasteiger partial charge in [-0.1, -0.05) is 23.4 Å². The Morgan fingerprint density at radius 3 is 2.74 bits per heavy atom. The van der Waals surface area contributed by atoms with E-state index in [-0.39, 0.29) is 33.2 Å². The third-order valence-corrected chi connectivity index (χ3v) is 5.82. The number of halogens is 4. The Morgan fingerprint density at radius 2 is 2.00 bits per heavy atom. The topological polar surface area (TPSA) is 85.8 Å². The first-order chi connectivity index (χ1) is 14.8. The van der Waals surface area contributed by atoms with Gasteiger partial charge in [-0.15, -0.1) is 0 Å². The molecule has 2 aromatic carbocycles. The maximum atomic E-state index is 13.9. The number of anilines is 2. The summed E-state index contributed by atoms with van der Waals surface area (Å²) in [6.45, 7) is 0.307. The lowest BCUT2D eigenvalue weighted by atomic mass is 10.0. The highest BCUT2D eigenvalue weighted by Crippen LogP contribution is 2.30. The molecule has 7 nitrogen and oxygen atoms in total. The summed E-state index contributed by atoms with van der Waals surface area (Å²) in [5.74, 6) is -4.54. The van der Waals surface area contributed by atoms with Gasteiger partial charge in [-0.25, -0.2) is 23.6 Å². The van der Waals surface area contributed by atoms with Gasteiger partial charge >= 0.3 is 0 Å². The van der Waals surface area contributed by atoms with E-state index in [1.165, 1.54) is 18.2 Å². The summed E-state index contributed by atoms with van der Waals surface area (Å²) in [5.41, 5.74) is 5.74. The number of amides is 2. The molecule has 31 heavy (non-hydrogen) atoms. The molecule has 0 aromatic heterocycles. The van der Waals surface area contributed by atoms with Crippen LogP contribution in [0.25, 0.3) is 0 Å². The van der Waals surface area contributed by atoms with Crippen LogP contribution in [0.3, 0.4) is 0 Å².